The van der Waals surface area contributed by atoms with Crippen molar-refractivity contribution in [1.29, 1.82) is 0 Å². The van der Waals surface area contributed by atoms with Crippen molar-refractivity contribution in [3.8, 4) is 0 Å². The van der Waals surface area contributed by atoms with Gasteiger partial charge in [-0.3, -0.25) is 4.99 Å². The predicted molar refractivity (Wildman–Crippen MR) is 128 cm³/mol. The Kier molecular flexibility index (Phi) is 8.54. The maximum atomic E-state index is 14.1. The van der Waals surface area contributed by atoms with Crippen molar-refractivity contribution >= 4 is 12.3 Å². The number of hydrogen-bond donors (Lipinski definition) is 1. The minimum atomic E-state index is -0.200. The molecule has 2 nitrogen and oxygen atoms in total. The zero-order valence-corrected chi connectivity index (χ0v) is 18.3. The van der Waals surface area contributed by atoms with Crippen LogP contribution < -0.4 is 5.32 Å². The van der Waals surface area contributed by atoms with Gasteiger partial charge in [-0.2, -0.15) is 0 Å². The molecule has 30 heavy (non-hydrogen) atoms. The molecule has 0 saturated carbocycles. The van der Waals surface area contributed by atoms with E-state index in [1.165, 1.54) is 0 Å². The van der Waals surface area contributed by atoms with Crippen molar-refractivity contribution in [2.24, 2.45) is 4.99 Å². The maximum Gasteiger partial charge on any atom is 0.133 e. The molecule has 0 radical (unpaired) electrons. The van der Waals surface area contributed by atoms with Crippen LogP contribution in [0.5, 0.6) is 0 Å². The van der Waals surface area contributed by atoms with E-state index in [1.54, 1.807) is 37.4 Å². The molecule has 0 spiro atoms. The molecule has 0 aliphatic rings. The van der Waals surface area contributed by atoms with Gasteiger partial charge in [0.25, 0.3) is 0 Å². The second-order valence-corrected chi connectivity index (χ2v) is 7.39. The van der Waals surface area contributed by atoms with Crippen molar-refractivity contribution in [2.45, 2.75) is 39.7 Å². The lowest BCUT2D eigenvalue weighted by Crippen LogP contribution is -2.16. The standard InChI is InChI=1S/C27H31FN2/c1-7-8-17-29-22(5)21(4)25-13-10-14-26(18-25)23(6)30-20(3)15-16-24-12-9-11-19(2)27(24)28/h7-18,21,23,30H,3,5H2,1-2,4,6H3/b8-7-,16-15+,29-17?. The van der Waals surface area contributed by atoms with Crippen LogP contribution in [0.2, 0.25) is 0 Å². The molecule has 2 unspecified atom stereocenters. The van der Waals surface area contributed by atoms with E-state index in [2.05, 4.69) is 55.5 Å². The van der Waals surface area contributed by atoms with Crippen LogP contribution in [0.4, 0.5) is 4.39 Å². The lowest BCUT2D eigenvalue weighted by Gasteiger charge is -2.18. The summed E-state index contributed by atoms with van der Waals surface area (Å²) in [7, 11) is 0. The molecular weight excluding hydrogens is 371 g/mol. The fraction of sp³-hybridized carbons (Fsp3) is 0.222. The first-order valence-electron chi connectivity index (χ1n) is 10.2. The minimum Gasteiger partial charge on any atom is -0.379 e. The Labute approximate surface area is 180 Å². The van der Waals surface area contributed by atoms with Crippen LogP contribution in [0.15, 0.2) is 90.2 Å². The van der Waals surface area contributed by atoms with Crippen LogP contribution in [-0.2, 0) is 0 Å². The van der Waals surface area contributed by atoms with Gasteiger partial charge in [-0.05, 0) is 49.6 Å². The Morgan fingerprint density at radius 3 is 2.53 bits per heavy atom. The number of rotatable bonds is 9. The molecule has 0 bridgehead atoms. The van der Waals surface area contributed by atoms with Gasteiger partial charge in [-0.15, -0.1) is 0 Å². The highest BCUT2D eigenvalue weighted by Crippen LogP contribution is 2.26. The molecule has 0 fully saturated rings. The van der Waals surface area contributed by atoms with Gasteiger partial charge in [0, 0.05) is 35.1 Å². The summed E-state index contributed by atoms with van der Waals surface area (Å²) in [6.45, 7) is 16.0. The molecule has 3 heteroatoms. The molecule has 0 aliphatic heterocycles. The van der Waals surface area contributed by atoms with Crippen molar-refractivity contribution in [2.75, 3.05) is 0 Å². The van der Waals surface area contributed by atoms with E-state index >= 15 is 0 Å². The quantitative estimate of drug-likeness (QED) is 0.346. The van der Waals surface area contributed by atoms with E-state index in [4.69, 9.17) is 0 Å². The number of hydrogen-bond acceptors (Lipinski definition) is 2. The largest absolute Gasteiger partial charge is 0.379 e. The first-order chi connectivity index (χ1) is 14.3. The summed E-state index contributed by atoms with van der Waals surface area (Å²) in [5.74, 6) is -0.0837. The number of nitrogens with one attached hydrogen (secondary N) is 1. The Balaban J connectivity index is 2.06. The molecule has 2 atom stereocenters. The number of halogens is 1. The Hall–Kier alpha value is -3.20. The average Bonchev–Trinajstić information content (AvgIpc) is 2.74. The third-order valence-electron chi connectivity index (χ3n) is 5.02. The molecule has 0 saturated heterocycles. The van der Waals surface area contributed by atoms with Gasteiger partial charge in [0.05, 0.1) is 0 Å². The summed E-state index contributed by atoms with van der Waals surface area (Å²) in [5, 5.41) is 3.37. The molecule has 0 heterocycles. The van der Waals surface area contributed by atoms with E-state index in [1.807, 2.05) is 31.2 Å². The number of aryl methyl sites for hydroxylation is 1. The molecule has 2 aromatic rings. The fourth-order valence-electron chi connectivity index (χ4n) is 3.03. The van der Waals surface area contributed by atoms with Gasteiger partial charge in [-0.25, -0.2) is 4.39 Å². The van der Waals surface area contributed by atoms with Crippen LogP contribution in [0.25, 0.3) is 6.08 Å². The molecule has 0 amide bonds. The van der Waals surface area contributed by atoms with Crippen molar-refractivity contribution in [1.82, 2.24) is 5.32 Å². The summed E-state index contributed by atoms with van der Waals surface area (Å²) in [5.41, 5.74) is 5.03. The highest BCUT2D eigenvalue weighted by molar-refractivity contribution is 5.72. The van der Waals surface area contributed by atoms with E-state index in [0.29, 0.717) is 11.1 Å². The highest BCUT2D eigenvalue weighted by atomic mass is 19.1. The average molecular weight is 403 g/mol. The second-order valence-electron chi connectivity index (χ2n) is 7.39. The van der Waals surface area contributed by atoms with Crippen LogP contribution in [0.1, 0.15) is 55.0 Å². The lowest BCUT2D eigenvalue weighted by molar-refractivity contribution is 0.615. The van der Waals surface area contributed by atoms with Crippen molar-refractivity contribution in [3.05, 3.63) is 113 Å². The van der Waals surface area contributed by atoms with Crippen molar-refractivity contribution in [3.63, 3.8) is 0 Å². The molecule has 2 rings (SSSR count). The van der Waals surface area contributed by atoms with Crippen LogP contribution in [0.3, 0.4) is 0 Å². The second kappa shape index (κ2) is 11.1. The molecule has 156 valence electrons. The smallest absolute Gasteiger partial charge is 0.133 e. The summed E-state index contributed by atoms with van der Waals surface area (Å²) in [4.78, 5) is 4.40. The van der Waals surface area contributed by atoms with E-state index in [0.717, 1.165) is 22.5 Å². The zero-order valence-electron chi connectivity index (χ0n) is 18.3. The molecule has 0 aliphatic carbocycles. The maximum absolute atomic E-state index is 14.1. The highest BCUT2D eigenvalue weighted by Gasteiger charge is 2.12. The zero-order chi connectivity index (χ0) is 22.1. The van der Waals surface area contributed by atoms with E-state index < -0.39 is 0 Å². The lowest BCUT2D eigenvalue weighted by atomic mass is 9.95. The van der Waals surface area contributed by atoms with E-state index in [-0.39, 0.29) is 17.8 Å². The van der Waals surface area contributed by atoms with Crippen molar-refractivity contribution < 1.29 is 4.39 Å². The van der Waals surface area contributed by atoms with Crippen LogP contribution >= 0.6 is 0 Å². The third kappa shape index (κ3) is 6.41. The Bertz CT molecular complexity index is 982. The Morgan fingerprint density at radius 2 is 1.80 bits per heavy atom. The Morgan fingerprint density at radius 1 is 1.10 bits per heavy atom. The summed E-state index contributed by atoms with van der Waals surface area (Å²) < 4.78 is 14.1. The topological polar surface area (TPSA) is 24.4 Å². The SMILES string of the molecule is C=C(/C=C/c1cccc(C)c1F)NC(C)c1cccc(C(C)C(=C)N=C/C=C\C)c1. The number of aliphatic imine (C=N–C) groups is 1. The third-order valence-corrected chi connectivity index (χ3v) is 5.02. The van der Waals surface area contributed by atoms with Gasteiger partial charge in [0.15, 0.2) is 0 Å². The van der Waals surface area contributed by atoms with Crippen LogP contribution in [-0.4, -0.2) is 6.21 Å². The molecule has 2 aromatic carbocycles. The normalized spacial score (nSPS) is 13.8. The fourth-order valence-corrected chi connectivity index (χ4v) is 3.03. The first kappa shape index (κ1) is 23.1. The predicted octanol–water partition coefficient (Wildman–Crippen LogP) is 7.28. The van der Waals surface area contributed by atoms with Gasteiger partial charge >= 0.3 is 0 Å². The molecule has 0 aromatic heterocycles. The number of allylic oxidation sites excluding steroid dienone is 4. The number of nitrogens with zero attached hydrogens (tertiary/aromatic N) is 1. The van der Waals surface area contributed by atoms with Gasteiger partial charge in [0.2, 0.25) is 0 Å². The van der Waals surface area contributed by atoms with Gasteiger partial charge < -0.3 is 5.32 Å². The van der Waals surface area contributed by atoms with Gasteiger partial charge in [-0.1, -0.05) is 74.7 Å². The monoisotopic (exact) mass is 402 g/mol. The summed E-state index contributed by atoms with van der Waals surface area (Å²) in [6.07, 6.45) is 9.14. The van der Waals surface area contributed by atoms with Crippen LogP contribution in [0, 0.1) is 12.7 Å². The number of benzene rings is 2. The molecule has 1 N–H and O–H groups in total. The molecular formula is C27H31FN2. The summed E-state index contributed by atoms with van der Waals surface area (Å²) in [6, 6.07) is 13.8. The minimum absolute atomic E-state index is 0.0523. The first-order valence-corrected chi connectivity index (χ1v) is 10.2. The van der Waals surface area contributed by atoms with Gasteiger partial charge in [0.1, 0.15) is 5.82 Å². The summed E-state index contributed by atoms with van der Waals surface area (Å²) >= 11 is 0. The van der Waals surface area contributed by atoms with E-state index in [9.17, 15) is 4.39 Å².